The first kappa shape index (κ1) is 16.8. The average molecular weight is 326 g/mol. The van der Waals surface area contributed by atoms with Gasteiger partial charge in [-0.3, -0.25) is 4.79 Å². The minimum atomic E-state index is -4.39. The largest absolute Gasteiger partial charge is 0.352 e. The zero-order valence-electron chi connectivity index (χ0n) is 10.9. The van der Waals surface area contributed by atoms with Crippen LogP contribution in [0.3, 0.4) is 0 Å². The van der Waals surface area contributed by atoms with Crippen LogP contribution in [0.1, 0.15) is 30.6 Å². The Morgan fingerprint density at radius 2 is 2.00 bits per heavy atom. The molecule has 20 heavy (non-hydrogen) atoms. The van der Waals surface area contributed by atoms with E-state index in [1.54, 1.807) is 0 Å². The van der Waals surface area contributed by atoms with Gasteiger partial charge in [0.25, 0.3) is 15.0 Å². The van der Waals surface area contributed by atoms with Crippen LogP contribution in [0.4, 0.5) is 8.78 Å². The number of carbonyl (C=O) groups is 1. The number of halogens is 3. The molecule has 1 N–H and O–H groups in total. The summed E-state index contributed by atoms with van der Waals surface area (Å²) in [7, 11) is 0.629. The van der Waals surface area contributed by atoms with Gasteiger partial charge in [0.2, 0.25) is 0 Å². The Kier molecular flexibility index (Phi) is 5.47. The molecular formula is C12H14ClF2NO3S. The maximum Gasteiger partial charge on any atom is 0.264 e. The minimum Gasteiger partial charge on any atom is -0.352 e. The predicted molar refractivity (Wildman–Crippen MR) is 71.2 cm³/mol. The van der Waals surface area contributed by atoms with E-state index in [1.807, 2.05) is 13.8 Å². The lowest BCUT2D eigenvalue weighted by molar-refractivity contribution is 0.0938. The molecular weight excluding hydrogens is 312 g/mol. The summed E-state index contributed by atoms with van der Waals surface area (Å²) < 4.78 is 49.7. The van der Waals surface area contributed by atoms with Gasteiger partial charge >= 0.3 is 0 Å². The highest BCUT2D eigenvalue weighted by Gasteiger charge is 2.25. The monoisotopic (exact) mass is 325 g/mol. The molecule has 1 aromatic carbocycles. The Labute approximate surface area is 120 Å². The van der Waals surface area contributed by atoms with Crippen LogP contribution in [-0.4, -0.2) is 20.9 Å². The van der Waals surface area contributed by atoms with E-state index >= 15 is 0 Å². The van der Waals surface area contributed by atoms with Gasteiger partial charge in [-0.1, -0.05) is 20.3 Å². The third-order valence-electron chi connectivity index (χ3n) is 2.85. The molecule has 0 saturated carbocycles. The van der Waals surface area contributed by atoms with Crippen molar-refractivity contribution >= 4 is 25.6 Å². The molecule has 112 valence electrons. The summed E-state index contributed by atoms with van der Waals surface area (Å²) in [5, 5.41) is 2.35. The number of benzene rings is 1. The Balaban J connectivity index is 3.15. The normalized spacial score (nSPS) is 13.1. The maximum absolute atomic E-state index is 13.9. The predicted octanol–water partition coefficient (Wildman–Crippen LogP) is 2.67. The first-order valence-electron chi connectivity index (χ1n) is 5.89. The second-order valence-corrected chi connectivity index (χ2v) is 6.93. The van der Waals surface area contributed by atoms with Gasteiger partial charge in [-0.15, -0.1) is 0 Å². The summed E-state index contributed by atoms with van der Waals surface area (Å²) in [6.45, 7) is 3.98. The molecule has 0 aromatic heterocycles. The van der Waals surface area contributed by atoms with Crippen molar-refractivity contribution in [2.45, 2.75) is 25.2 Å². The van der Waals surface area contributed by atoms with Crippen LogP contribution < -0.4 is 5.32 Å². The van der Waals surface area contributed by atoms with Crippen LogP contribution in [0.15, 0.2) is 17.0 Å². The van der Waals surface area contributed by atoms with Crippen molar-refractivity contribution < 1.29 is 22.0 Å². The molecule has 8 heteroatoms. The molecule has 1 unspecified atom stereocenters. The van der Waals surface area contributed by atoms with Gasteiger partial charge in [0.1, 0.15) is 16.3 Å². The fourth-order valence-electron chi connectivity index (χ4n) is 1.43. The van der Waals surface area contributed by atoms with Crippen LogP contribution in [0.5, 0.6) is 0 Å². The fourth-order valence-corrected chi connectivity index (χ4v) is 2.33. The number of hydrogen-bond acceptors (Lipinski definition) is 3. The van der Waals surface area contributed by atoms with E-state index in [9.17, 15) is 22.0 Å². The van der Waals surface area contributed by atoms with Gasteiger partial charge in [-0.25, -0.2) is 17.2 Å². The lowest BCUT2D eigenvalue weighted by Crippen LogP contribution is -2.30. The van der Waals surface area contributed by atoms with E-state index in [-0.39, 0.29) is 12.5 Å². The standard InChI is InChI=1S/C12H14ClF2NO3S/c1-3-7(2)6-16-12(17)10-8(14)4-5-9(11(10)15)20(13,18)19/h4-5,7H,3,6H2,1-2H3,(H,16,17). The number of carbonyl (C=O) groups excluding carboxylic acids is 1. The SMILES string of the molecule is CCC(C)CNC(=O)c1c(F)ccc(S(=O)(=O)Cl)c1F. The van der Waals surface area contributed by atoms with Gasteiger partial charge < -0.3 is 5.32 Å². The van der Waals surface area contributed by atoms with E-state index < -0.39 is 37.1 Å². The van der Waals surface area contributed by atoms with Crippen LogP contribution in [0.25, 0.3) is 0 Å². The molecule has 0 radical (unpaired) electrons. The number of amides is 1. The molecule has 0 saturated heterocycles. The number of hydrogen-bond donors (Lipinski definition) is 1. The van der Waals surface area contributed by atoms with Crippen molar-refractivity contribution in [3.63, 3.8) is 0 Å². The molecule has 1 aromatic rings. The summed E-state index contributed by atoms with van der Waals surface area (Å²) in [6, 6.07) is 1.37. The number of nitrogens with one attached hydrogen (secondary N) is 1. The lowest BCUT2D eigenvalue weighted by atomic mass is 10.1. The van der Waals surface area contributed by atoms with Crippen molar-refractivity contribution in [3.05, 3.63) is 29.3 Å². The summed E-state index contributed by atoms with van der Waals surface area (Å²) in [5.41, 5.74) is -0.949. The Morgan fingerprint density at radius 3 is 2.50 bits per heavy atom. The highest BCUT2D eigenvalue weighted by molar-refractivity contribution is 8.13. The Morgan fingerprint density at radius 1 is 1.40 bits per heavy atom. The molecule has 1 rings (SSSR count). The summed E-state index contributed by atoms with van der Waals surface area (Å²) in [6.07, 6.45) is 0.779. The van der Waals surface area contributed by atoms with Crippen molar-refractivity contribution in [1.29, 1.82) is 0 Å². The van der Waals surface area contributed by atoms with Crippen molar-refractivity contribution in [2.24, 2.45) is 5.92 Å². The third-order valence-corrected chi connectivity index (χ3v) is 4.19. The molecule has 0 aliphatic rings. The van der Waals surface area contributed by atoms with Crippen molar-refractivity contribution in [3.8, 4) is 0 Å². The van der Waals surface area contributed by atoms with Gasteiger partial charge in [-0.2, -0.15) is 0 Å². The highest BCUT2D eigenvalue weighted by atomic mass is 35.7. The quantitative estimate of drug-likeness (QED) is 0.847. The second-order valence-electron chi connectivity index (χ2n) is 4.40. The molecule has 0 aliphatic heterocycles. The third kappa shape index (κ3) is 3.89. The summed E-state index contributed by atoms with van der Waals surface area (Å²) in [4.78, 5) is 10.8. The zero-order valence-corrected chi connectivity index (χ0v) is 12.5. The van der Waals surface area contributed by atoms with E-state index in [2.05, 4.69) is 5.32 Å². The van der Waals surface area contributed by atoms with E-state index in [0.717, 1.165) is 6.42 Å². The van der Waals surface area contributed by atoms with E-state index in [0.29, 0.717) is 12.1 Å². The van der Waals surface area contributed by atoms with Gasteiger partial charge in [0.05, 0.1) is 0 Å². The van der Waals surface area contributed by atoms with E-state index in [4.69, 9.17) is 10.7 Å². The summed E-state index contributed by atoms with van der Waals surface area (Å²) in [5.74, 6) is -3.51. The van der Waals surface area contributed by atoms with Crippen LogP contribution in [-0.2, 0) is 9.05 Å². The summed E-state index contributed by atoms with van der Waals surface area (Å²) >= 11 is 0. The molecule has 0 spiro atoms. The maximum atomic E-state index is 13.9. The smallest absolute Gasteiger partial charge is 0.264 e. The van der Waals surface area contributed by atoms with Crippen molar-refractivity contribution in [2.75, 3.05) is 6.54 Å². The minimum absolute atomic E-state index is 0.130. The Hall–Kier alpha value is -1.21. The first-order valence-corrected chi connectivity index (χ1v) is 8.20. The van der Waals surface area contributed by atoms with Gasteiger partial charge in [0.15, 0.2) is 5.82 Å². The van der Waals surface area contributed by atoms with Crippen LogP contribution in [0, 0.1) is 17.6 Å². The molecule has 0 heterocycles. The first-order chi connectivity index (χ1) is 9.18. The van der Waals surface area contributed by atoms with Crippen LogP contribution in [0.2, 0.25) is 0 Å². The highest BCUT2D eigenvalue weighted by Crippen LogP contribution is 2.23. The van der Waals surface area contributed by atoms with Gasteiger partial charge in [0, 0.05) is 17.2 Å². The lowest BCUT2D eigenvalue weighted by Gasteiger charge is -2.12. The zero-order chi connectivity index (χ0) is 15.5. The molecule has 0 fully saturated rings. The molecule has 0 bridgehead atoms. The fraction of sp³-hybridized carbons (Fsp3) is 0.417. The average Bonchev–Trinajstić information content (AvgIpc) is 2.34. The molecule has 1 amide bonds. The number of rotatable bonds is 5. The second kappa shape index (κ2) is 6.49. The van der Waals surface area contributed by atoms with Crippen LogP contribution >= 0.6 is 10.7 Å². The topological polar surface area (TPSA) is 63.2 Å². The molecule has 1 atom stereocenters. The van der Waals surface area contributed by atoms with Crippen molar-refractivity contribution in [1.82, 2.24) is 5.32 Å². The Bertz CT molecular complexity index is 619. The molecule has 0 aliphatic carbocycles. The van der Waals surface area contributed by atoms with Gasteiger partial charge in [-0.05, 0) is 18.1 Å². The molecule has 4 nitrogen and oxygen atoms in total. The van der Waals surface area contributed by atoms with E-state index in [1.165, 1.54) is 0 Å².